The van der Waals surface area contributed by atoms with Crippen LogP contribution in [-0.4, -0.2) is 6.67 Å². The summed E-state index contributed by atoms with van der Waals surface area (Å²) >= 11 is 0. The van der Waals surface area contributed by atoms with Gasteiger partial charge in [0, 0.05) is 0 Å². The summed E-state index contributed by atoms with van der Waals surface area (Å²) in [5.74, 6) is -0.212. The molecule has 0 heterocycles. The average Bonchev–Trinajstić information content (AvgIpc) is 2.09. The van der Waals surface area contributed by atoms with Gasteiger partial charge in [-0.05, 0) is 49.4 Å². The molecule has 13 heavy (non-hydrogen) atoms. The summed E-state index contributed by atoms with van der Waals surface area (Å²) in [5, 5.41) is 0. The quantitative estimate of drug-likeness (QED) is 0.675. The Morgan fingerprint density at radius 1 is 1.15 bits per heavy atom. The van der Waals surface area contributed by atoms with Crippen molar-refractivity contribution < 1.29 is 8.78 Å². The molecule has 0 unspecified atom stereocenters. The van der Waals surface area contributed by atoms with E-state index in [2.05, 4.69) is 0 Å². The summed E-state index contributed by atoms with van der Waals surface area (Å²) in [6.07, 6.45) is 0.892. The van der Waals surface area contributed by atoms with Crippen molar-refractivity contribution in [2.45, 2.75) is 26.7 Å². The molecule has 0 aliphatic heterocycles. The van der Waals surface area contributed by atoms with Crippen LogP contribution >= 0.6 is 0 Å². The van der Waals surface area contributed by atoms with Crippen LogP contribution in [0.1, 0.15) is 23.1 Å². The first-order valence-electron chi connectivity index (χ1n) is 4.46. The predicted molar refractivity (Wildman–Crippen MR) is 50.2 cm³/mol. The molecule has 2 heteroatoms. The molecule has 0 amide bonds. The maximum atomic E-state index is 13.2. The minimum atomic E-state index is -0.383. The summed E-state index contributed by atoms with van der Waals surface area (Å²) in [6, 6.07) is 3.32. The molecule has 0 N–H and O–H groups in total. The highest BCUT2D eigenvalue weighted by Crippen LogP contribution is 2.16. The van der Waals surface area contributed by atoms with Crippen molar-refractivity contribution in [1.82, 2.24) is 0 Å². The van der Waals surface area contributed by atoms with E-state index < -0.39 is 0 Å². The Morgan fingerprint density at radius 2 is 1.77 bits per heavy atom. The molecule has 0 saturated carbocycles. The lowest BCUT2D eigenvalue weighted by atomic mass is 10.0. The minimum Gasteiger partial charge on any atom is -0.251 e. The number of hydrogen-bond acceptors (Lipinski definition) is 0. The fourth-order valence-corrected chi connectivity index (χ4v) is 1.29. The fraction of sp³-hybridized carbons (Fsp3) is 0.455. The van der Waals surface area contributed by atoms with E-state index in [1.807, 2.05) is 13.8 Å². The van der Waals surface area contributed by atoms with Crippen molar-refractivity contribution in [2.75, 3.05) is 6.67 Å². The Morgan fingerprint density at radius 3 is 2.38 bits per heavy atom. The normalized spacial score (nSPS) is 10.5. The van der Waals surface area contributed by atoms with Crippen LogP contribution in [0.15, 0.2) is 12.1 Å². The van der Waals surface area contributed by atoms with Gasteiger partial charge in [-0.15, -0.1) is 0 Å². The van der Waals surface area contributed by atoms with E-state index in [0.29, 0.717) is 18.4 Å². The van der Waals surface area contributed by atoms with E-state index in [1.54, 1.807) is 6.07 Å². The lowest BCUT2D eigenvalue weighted by Crippen LogP contribution is -1.95. The Labute approximate surface area is 77.6 Å². The van der Waals surface area contributed by atoms with Crippen molar-refractivity contribution >= 4 is 0 Å². The number of rotatable bonds is 3. The van der Waals surface area contributed by atoms with Crippen molar-refractivity contribution in [3.05, 3.63) is 34.6 Å². The van der Waals surface area contributed by atoms with E-state index in [4.69, 9.17) is 0 Å². The molecule has 0 spiro atoms. The SMILES string of the molecule is Cc1cc(F)c(CCCF)cc1C. The van der Waals surface area contributed by atoms with Gasteiger partial charge in [-0.3, -0.25) is 4.39 Å². The molecule has 0 radical (unpaired) electrons. The number of halogens is 2. The van der Waals surface area contributed by atoms with E-state index in [9.17, 15) is 8.78 Å². The molecular weight excluding hydrogens is 170 g/mol. The second-order valence-corrected chi connectivity index (χ2v) is 3.32. The molecular formula is C11H14F2. The predicted octanol–water partition coefficient (Wildman–Crippen LogP) is 3.34. The monoisotopic (exact) mass is 184 g/mol. The van der Waals surface area contributed by atoms with Crippen molar-refractivity contribution in [1.29, 1.82) is 0 Å². The van der Waals surface area contributed by atoms with Crippen LogP contribution in [0.3, 0.4) is 0 Å². The third-order valence-electron chi connectivity index (χ3n) is 2.24. The topological polar surface area (TPSA) is 0 Å². The molecule has 0 bridgehead atoms. The highest BCUT2D eigenvalue weighted by Gasteiger charge is 2.04. The Hall–Kier alpha value is -0.920. The molecule has 72 valence electrons. The van der Waals surface area contributed by atoms with Crippen LogP contribution in [0, 0.1) is 19.7 Å². The number of hydrogen-bond donors (Lipinski definition) is 0. The summed E-state index contributed by atoms with van der Waals surface area (Å²) < 4.78 is 25.1. The van der Waals surface area contributed by atoms with E-state index in [-0.39, 0.29) is 12.5 Å². The number of benzene rings is 1. The van der Waals surface area contributed by atoms with Crippen LogP contribution in [-0.2, 0) is 6.42 Å². The number of aryl methyl sites for hydroxylation is 3. The zero-order valence-electron chi connectivity index (χ0n) is 8.03. The van der Waals surface area contributed by atoms with E-state index in [1.165, 1.54) is 6.07 Å². The average molecular weight is 184 g/mol. The Balaban J connectivity index is 2.88. The first kappa shape index (κ1) is 10.2. The van der Waals surface area contributed by atoms with Gasteiger partial charge < -0.3 is 0 Å². The summed E-state index contributed by atoms with van der Waals surface area (Å²) in [6.45, 7) is 3.43. The van der Waals surface area contributed by atoms with Gasteiger partial charge in [0.15, 0.2) is 0 Å². The highest BCUT2D eigenvalue weighted by molar-refractivity contribution is 5.31. The Bertz CT molecular complexity index is 292. The molecule has 1 aromatic rings. The van der Waals surface area contributed by atoms with Crippen molar-refractivity contribution in [3.8, 4) is 0 Å². The molecule has 1 rings (SSSR count). The lowest BCUT2D eigenvalue weighted by Gasteiger charge is -2.05. The molecule has 0 atom stereocenters. The third kappa shape index (κ3) is 2.51. The maximum absolute atomic E-state index is 13.2. The second-order valence-electron chi connectivity index (χ2n) is 3.32. The second kappa shape index (κ2) is 4.35. The first-order chi connectivity index (χ1) is 6.15. The van der Waals surface area contributed by atoms with Gasteiger partial charge in [-0.2, -0.15) is 0 Å². The summed E-state index contributed by atoms with van der Waals surface area (Å²) in [4.78, 5) is 0. The standard InChI is InChI=1S/C11H14F2/c1-8-6-10(4-3-5-12)11(13)7-9(8)2/h6-7H,3-5H2,1-2H3. The first-order valence-corrected chi connectivity index (χ1v) is 4.46. The van der Waals surface area contributed by atoms with Crippen LogP contribution < -0.4 is 0 Å². The van der Waals surface area contributed by atoms with Crippen molar-refractivity contribution in [3.63, 3.8) is 0 Å². The maximum Gasteiger partial charge on any atom is 0.126 e. The van der Waals surface area contributed by atoms with Gasteiger partial charge in [-0.25, -0.2) is 4.39 Å². The van der Waals surface area contributed by atoms with Gasteiger partial charge in [0.05, 0.1) is 6.67 Å². The largest absolute Gasteiger partial charge is 0.251 e. The van der Waals surface area contributed by atoms with Gasteiger partial charge in [0.25, 0.3) is 0 Å². The molecule has 0 aliphatic carbocycles. The molecule has 0 saturated heterocycles. The van der Waals surface area contributed by atoms with Crippen LogP contribution in [0.4, 0.5) is 8.78 Å². The zero-order valence-corrected chi connectivity index (χ0v) is 8.03. The van der Waals surface area contributed by atoms with Crippen LogP contribution in [0.25, 0.3) is 0 Å². The van der Waals surface area contributed by atoms with E-state index in [0.717, 1.165) is 11.1 Å². The van der Waals surface area contributed by atoms with Crippen molar-refractivity contribution in [2.24, 2.45) is 0 Å². The molecule has 1 aromatic carbocycles. The smallest absolute Gasteiger partial charge is 0.126 e. The molecule has 0 nitrogen and oxygen atoms in total. The fourth-order valence-electron chi connectivity index (χ4n) is 1.29. The minimum absolute atomic E-state index is 0.212. The highest BCUT2D eigenvalue weighted by atomic mass is 19.1. The Kier molecular flexibility index (Phi) is 3.40. The van der Waals surface area contributed by atoms with Gasteiger partial charge in [-0.1, -0.05) is 6.07 Å². The molecule has 0 fully saturated rings. The van der Waals surface area contributed by atoms with Gasteiger partial charge in [0.1, 0.15) is 5.82 Å². The molecule has 0 aromatic heterocycles. The third-order valence-corrected chi connectivity index (χ3v) is 2.24. The van der Waals surface area contributed by atoms with Gasteiger partial charge in [0.2, 0.25) is 0 Å². The molecule has 0 aliphatic rings. The van der Waals surface area contributed by atoms with Gasteiger partial charge >= 0.3 is 0 Å². The lowest BCUT2D eigenvalue weighted by molar-refractivity contribution is 0.469. The summed E-state index contributed by atoms with van der Waals surface area (Å²) in [7, 11) is 0. The zero-order chi connectivity index (χ0) is 9.84. The number of alkyl halides is 1. The van der Waals surface area contributed by atoms with E-state index >= 15 is 0 Å². The summed E-state index contributed by atoms with van der Waals surface area (Å²) in [5.41, 5.74) is 2.64. The van der Waals surface area contributed by atoms with Crippen LogP contribution in [0.2, 0.25) is 0 Å². The van der Waals surface area contributed by atoms with Crippen LogP contribution in [0.5, 0.6) is 0 Å².